The Morgan fingerprint density at radius 2 is 1.68 bits per heavy atom. The van der Waals surface area contributed by atoms with E-state index in [2.05, 4.69) is 10.0 Å². The Morgan fingerprint density at radius 1 is 1.03 bits per heavy atom. The number of alkyl halides is 3. The molecule has 3 aromatic carbocycles. The van der Waals surface area contributed by atoms with E-state index in [0.29, 0.717) is 5.56 Å². The number of hydrogen-bond acceptors (Lipinski definition) is 4. The fourth-order valence-corrected chi connectivity index (χ4v) is 4.75. The average Bonchev–Trinajstić information content (AvgIpc) is 2.79. The van der Waals surface area contributed by atoms with Gasteiger partial charge in [-0.05, 0) is 54.4 Å². The molecular weight excluding hydrogens is 493 g/mol. The minimum absolute atomic E-state index is 0.0184. The molecule has 0 aliphatic heterocycles. The Morgan fingerprint density at radius 3 is 2.26 bits per heavy atom. The maximum absolute atomic E-state index is 13.1. The molecule has 11 heteroatoms. The first-order chi connectivity index (χ1) is 16.0. The van der Waals surface area contributed by atoms with Crippen molar-refractivity contribution >= 4 is 33.2 Å². The SMILES string of the molecule is COc1ccc(Cl)cc1S(=O)(=O)NC(Cc1ccccc1)C(=O)Nc1ccc(C(F)(F)F)cc1. The number of hydrogen-bond donors (Lipinski definition) is 2. The van der Waals surface area contributed by atoms with Crippen LogP contribution in [0, 0.1) is 0 Å². The summed E-state index contributed by atoms with van der Waals surface area (Å²) in [5.74, 6) is -0.730. The zero-order chi connectivity index (χ0) is 24.9. The number of rotatable bonds is 8. The quantitative estimate of drug-likeness (QED) is 0.450. The van der Waals surface area contributed by atoms with E-state index in [1.165, 1.54) is 25.3 Å². The molecule has 0 aliphatic carbocycles. The molecule has 1 amide bonds. The van der Waals surface area contributed by atoms with Crippen molar-refractivity contribution in [1.29, 1.82) is 0 Å². The Kier molecular flexibility index (Phi) is 7.86. The van der Waals surface area contributed by atoms with Gasteiger partial charge in [-0.2, -0.15) is 17.9 Å². The maximum Gasteiger partial charge on any atom is 0.416 e. The van der Waals surface area contributed by atoms with Crippen molar-refractivity contribution in [1.82, 2.24) is 4.72 Å². The molecule has 3 aromatic rings. The lowest BCUT2D eigenvalue weighted by atomic mass is 10.1. The van der Waals surface area contributed by atoms with E-state index < -0.39 is 33.7 Å². The third-order valence-corrected chi connectivity index (χ3v) is 6.52. The van der Waals surface area contributed by atoms with Gasteiger partial charge in [-0.3, -0.25) is 4.79 Å². The summed E-state index contributed by atoms with van der Waals surface area (Å²) in [5, 5.41) is 2.61. The second-order valence-electron chi connectivity index (χ2n) is 7.22. The monoisotopic (exact) mass is 512 g/mol. The summed E-state index contributed by atoms with van der Waals surface area (Å²) in [6.07, 6.45) is -4.54. The highest BCUT2D eigenvalue weighted by atomic mass is 35.5. The Balaban J connectivity index is 1.89. The van der Waals surface area contributed by atoms with Crippen molar-refractivity contribution in [2.24, 2.45) is 0 Å². The number of anilines is 1. The second-order valence-corrected chi connectivity index (χ2v) is 9.34. The smallest absolute Gasteiger partial charge is 0.416 e. The first kappa shape index (κ1) is 25.5. The Hall–Kier alpha value is -3.08. The van der Waals surface area contributed by atoms with Gasteiger partial charge in [0, 0.05) is 10.7 Å². The predicted molar refractivity (Wildman–Crippen MR) is 122 cm³/mol. The molecule has 2 N–H and O–H groups in total. The van der Waals surface area contributed by atoms with Crippen LogP contribution >= 0.6 is 11.6 Å². The number of carbonyl (C=O) groups excluding carboxylic acids is 1. The predicted octanol–water partition coefficient (Wildman–Crippen LogP) is 4.90. The van der Waals surface area contributed by atoms with E-state index in [0.717, 1.165) is 24.3 Å². The molecule has 1 atom stereocenters. The van der Waals surface area contributed by atoms with Crippen LogP contribution < -0.4 is 14.8 Å². The van der Waals surface area contributed by atoms with Gasteiger partial charge in [0.05, 0.1) is 12.7 Å². The molecule has 0 spiro atoms. The molecule has 1 unspecified atom stereocenters. The first-order valence-electron chi connectivity index (χ1n) is 9.87. The van der Waals surface area contributed by atoms with Gasteiger partial charge in [0.2, 0.25) is 15.9 Å². The third kappa shape index (κ3) is 6.49. The number of halogens is 4. The van der Waals surface area contributed by atoms with Crippen LogP contribution in [-0.2, 0) is 27.4 Å². The van der Waals surface area contributed by atoms with Gasteiger partial charge in [-0.1, -0.05) is 41.9 Å². The van der Waals surface area contributed by atoms with Gasteiger partial charge >= 0.3 is 6.18 Å². The van der Waals surface area contributed by atoms with Crippen LogP contribution in [0.4, 0.5) is 18.9 Å². The summed E-state index contributed by atoms with van der Waals surface area (Å²) in [6.45, 7) is 0. The van der Waals surface area contributed by atoms with Crippen molar-refractivity contribution < 1.29 is 31.1 Å². The van der Waals surface area contributed by atoms with Crippen molar-refractivity contribution in [3.8, 4) is 5.75 Å². The largest absolute Gasteiger partial charge is 0.495 e. The summed E-state index contributed by atoms with van der Waals surface area (Å²) in [6, 6.07) is 15.2. The maximum atomic E-state index is 13.1. The Labute approximate surface area is 199 Å². The molecule has 0 heterocycles. The van der Waals surface area contributed by atoms with Gasteiger partial charge in [0.25, 0.3) is 0 Å². The fraction of sp³-hybridized carbons (Fsp3) is 0.174. The molecule has 0 aliphatic rings. The van der Waals surface area contributed by atoms with Crippen LogP contribution in [0.2, 0.25) is 5.02 Å². The molecule has 3 rings (SSSR count). The molecule has 0 saturated heterocycles. The van der Waals surface area contributed by atoms with Gasteiger partial charge in [0.1, 0.15) is 16.7 Å². The van der Waals surface area contributed by atoms with Crippen molar-refractivity contribution in [3.63, 3.8) is 0 Å². The average molecular weight is 513 g/mol. The van der Waals surface area contributed by atoms with Crippen LogP contribution in [0.5, 0.6) is 5.75 Å². The highest BCUT2D eigenvalue weighted by molar-refractivity contribution is 7.89. The molecule has 34 heavy (non-hydrogen) atoms. The number of methoxy groups -OCH3 is 1. The van der Waals surface area contributed by atoms with Crippen LogP contribution in [-0.4, -0.2) is 27.5 Å². The molecule has 0 fully saturated rings. The van der Waals surface area contributed by atoms with E-state index in [1.54, 1.807) is 30.3 Å². The van der Waals surface area contributed by atoms with E-state index in [9.17, 15) is 26.4 Å². The fourth-order valence-electron chi connectivity index (χ4n) is 3.12. The number of sulfonamides is 1. The van der Waals surface area contributed by atoms with Crippen molar-refractivity contribution in [3.05, 3.63) is 88.9 Å². The first-order valence-corrected chi connectivity index (χ1v) is 11.7. The number of amides is 1. The summed E-state index contributed by atoms with van der Waals surface area (Å²) < 4.78 is 72.1. The summed E-state index contributed by atoms with van der Waals surface area (Å²) in [5.41, 5.74) is -0.133. The van der Waals surface area contributed by atoms with Gasteiger partial charge in [0.15, 0.2) is 0 Å². The highest BCUT2D eigenvalue weighted by Gasteiger charge is 2.31. The highest BCUT2D eigenvalue weighted by Crippen LogP contribution is 2.30. The molecule has 6 nitrogen and oxygen atoms in total. The number of nitrogens with one attached hydrogen (secondary N) is 2. The van der Waals surface area contributed by atoms with Gasteiger partial charge < -0.3 is 10.1 Å². The molecule has 180 valence electrons. The normalized spacial score (nSPS) is 12.7. The Bertz CT molecular complexity index is 1250. The zero-order valence-electron chi connectivity index (χ0n) is 17.8. The molecule has 0 saturated carbocycles. The van der Waals surface area contributed by atoms with Gasteiger partial charge in [-0.15, -0.1) is 0 Å². The van der Waals surface area contributed by atoms with Crippen LogP contribution in [0.15, 0.2) is 77.7 Å². The summed E-state index contributed by atoms with van der Waals surface area (Å²) in [7, 11) is -2.98. The minimum Gasteiger partial charge on any atom is -0.495 e. The third-order valence-electron chi connectivity index (χ3n) is 4.79. The topological polar surface area (TPSA) is 84.5 Å². The van der Waals surface area contributed by atoms with Crippen LogP contribution in [0.25, 0.3) is 0 Å². The van der Waals surface area contributed by atoms with Crippen molar-refractivity contribution in [2.75, 3.05) is 12.4 Å². The summed E-state index contributed by atoms with van der Waals surface area (Å²) >= 11 is 5.95. The lowest BCUT2D eigenvalue weighted by molar-refractivity contribution is -0.137. The zero-order valence-corrected chi connectivity index (χ0v) is 19.3. The van der Waals surface area contributed by atoms with E-state index in [4.69, 9.17) is 16.3 Å². The standard InChI is InChI=1S/C23H20ClF3N2O4S/c1-33-20-12-9-17(24)14-21(20)34(31,32)29-19(13-15-5-3-2-4-6-15)22(30)28-18-10-7-16(8-11-18)23(25,26)27/h2-12,14,19,29H,13H2,1H3,(H,28,30). The molecule has 0 bridgehead atoms. The van der Waals surface area contributed by atoms with E-state index >= 15 is 0 Å². The van der Waals surface area contributed by atoms with Crippen LogP contribution in [0.3, 0.4) is 0 Å². The van der Waals surface area contributed by atoms with E-state index in [1.807, 2.05) is 0 Å². The number of carbonyl (C=O) groups is 1. The summed E-state index contributed by atoms with van der Waals surface area (Å²) in [4.78, 5) is 12.8. The molecule has 0 radical (unpaired) electrons. The van der Waals surface area contributed by atoms with Crippen molar-refractivity contribution in [2.45, 2.75) is 23.5 Å². The second kappa shape index (κ2) is 10.5. The lowest BCUT2D eigenvalue weighted by Gasteiger charge is -2.20. The molecular formula is C23H20ClF3N2O4S. The molecule has 0 aromatic heterocycles. The number of benzene rings is 3. The van der Waals surface area contributed by atoms with Gasteiger partial charge in [-0.25, -0.2) is 8.42 Å². The number of ether oxygens (including phenoxy) is 1. The van der Waals surface area contributed by atoms with Crippen LogP contribution in [0.1, 0.15) is 11.1 Å². The minimum atomic E-state index is -4.52. The van der Waals surface area contributed by atoms with E-state index in [-0.39, 0.29) is 27.8 Å². The lowest BCUT2D eigenvalue weighted by Crippen LogP contribution is -2.45.